The van der Waals surface area contributed by atoms with E-state index in [0.29, 0.717) is 15.2 Å². The SMILES string of the molecule is Cc1ccc(Sc2ccc(/C=C3\SC(=O)N(CC(=O)Nc4ccc(Br)c(Cl)c4)C3=O)cc2)cc1. The molecule has 0 unspecified atom stereocenters. The highest BCUT2D eigenvalue weighted by Crippen LogP contribution is 2.33. The van der Waals surface area contributed by atoms with Crippen LogP contribution in [0.25, 0.3) is 6.08 Å². The fraction of sp³-hybridized carbons (Fsp3) is 0.0800. The Hall–Kier alpha value is -2.52. The third-order valence-corrected chi connectivity index (χ3v) is 7.97. The Morgan fingerprint density at radius 2 is 1.71 bits per heavy atom. The predicted octanol–water partition coefficient (Wildman–Crippen LogP) is 7.24. The van der Waals surface area contributed by atoms with Crippen LogP contribution in [0.1, 0.15) is 11.1 Å². The minimum Gasteiger partial charge on any atom is -0.324 e. The highest BCUT2D eigenvalue weighted by Gasteiger charge is 2.36. The van der Waals surface area contributed by atoms with Gasteiger partial charge in [0.15, 0.2) is 0 Å². The topological polar surface area (TPSA) is 66.5 Å². The molecule has 1 saturated heterocycles. The average Bonchev–Trinajstić information content (AvgIpc) is 3.06. The van der Waals surface area contributed by atoms with Crippen molar-refractivity contribution in [2.75, 3.05) is 11.9 Å². The number of hydrogen-bond donors (Lipinski definition) is 1. The number of nitrogens with zero attached hydrogens (tertiary/aromatic N) is 1. The molecule has 1 fully saturated rings. The minimum absolute atomic E-state index is 0.281. The Labute approximate surface area is 219 Å². The molecule has 9 heteroatoms. The summed E-state index contributed by atoms with van der Waals surface area (Å²) in [6.45, 7) is 1.68. The van der Waals surface area contributed by atoms with Gasteiger partial charge in [-0.2, -0.15) is 0 Å². The van der Waals surface area contributed by atoms with Crippen molar-refractivity contribution in [3.05, 3.63) is 92.3 Å². The zero-order valence-electron chi connectivity index (χ0n) is 17.9. The van der Waals surface area contributed by atoms with E-state index in [0.717, 1.165) is 32.0 Å². The first-order valence-corrected chi connectivity index (χ1v) is 12.9. The standard InChI is InChI=1S/C25H18BrClN2O3S2/c1-15-2-7-18(8-3-15)33-19-9-4-16(5-10-19)12-22-24(31)29(25(32)34-22)14-23(30)28-17-6-11-20(26)21(27)13-17/h2-13H,14H2,1H3,(H,28,30)/b22-12-. The van der Waals surface area contributed by atoms with Crippen molar-refractivity contribution < 1.29 is 14.4 Å². The molecular weight excluding hydrogens is 556 g/mol. The van der Waals surface area contributed by atoms with Crippen LogP contribution in [-0.2, 0) is 9.59 Å². The van der Waals surface area contributed by atoms with Crippen molar-refractivity contribution in [1.29, 1.82) is 0 Å². The van der Waals surface area contributed by atoms with Crippen molar-refractivity contribution >= 4 is 79.9 Å². The number of halogens is 2. The first-order valence-electron chi connectivity index (χ1n) is 10.1. The third-order valence-electron chi connectivity index (χ3n) is 4.81. The first-order chi connectivity index (χ1) is 16.3. The molecule has 5 nitrogen and oxygen atoms in total. The number of carbonyl (C=O) groups excluding carboxylic acids is 3. The second-order valence-corrected chi connectivity index (χ2v) is 10.8. The Balaban J connectivity index is 1.39. The van der Waals surface area contributed by atoms with Gasteiger partial charge in [0.1, 0.15) is 6.54 Å². The van der Waals surface area contributed by atoms with Crippen molar-refractivity contribution in [2.45, 2.75) is 16.7 Å². The number of benzene rings is 3. The summed E-state index contributed by atoms with van der Waals surface area (Å²) in [5, 5.41) is 2.61. The zero-order chi connectivity index (χ0) is 24.2. The van der Waals surface area contributed by atoms with Gasteiger partial charge >= 0.3 is 0 Å². The van der Waals surface area contributed by atoms with E-state index in [9.17, 15) is 14.4 Å². The van der Waals surface area contributed by atoms with Crippen LogP contribution in [0, 0.1) is 6.92 Å². The Kier molecular flexibility index (Phi) is 7.83. The van der Waals surface area contributed by atoms with Gasteiger partial charge in [0.25, 0.3) is 11.1 Å². The maximum atomic E-state index is 12.7. The van der Waals surface area contributed by atoms with Gasteiger partial charge in [0.05, 0.1) is 9.93 Å². The molecule has 3 amide bonds. The smallest absolute Gasteiger partial charge is 0.294 e. The Morgan fingerprint density at radius 3 is 2.35 bits per heavy atom. The molecule has 0 bridgehead atoms. The van der Waals surface area contributed by atoms with Gasteiger partial charge in [-0.3, -0.25) is 19.3 Å². The third kappa shape index (κ3) is 6.13. The maximum absolute atomic E-state index is 12.7. The zero-order valence-corrected chi connectivity index (χ0v) is 21.9. The maximum Gasteiger partial charge on any atom is 0.294 e. The largest absolute Gasteiger partial charge is 0.324 e. The molecule has 4 rings (SSSR count). The summed E-state index contributed by atoms with van der Waals surface area (Å²) in [6.07, 6.45) is 1.66. The summed E-state index contributed by atoms with van der Waals surface area (Å²) in [5.74, 6) is -0.975. The number of rotatable bonds is 6. The Bertz CT molecular complexity index is 1290. The molecule has 3 aromatic carbocycles. The van der Waals surface area contributed by atoms with Crippen molar-refractivity contribution in [3.63, 3.8) is 0 Å². The van der Waals surface area contributed by atoms with E-state index < -0.39 is 17.1 Å². The normalized spacial score (nSPS) is 14.7. The number of anilines is 1. The van der Waals surface area contributed by atoms with Gasteiger partial charge in [-0.05, 0) is 88.7 Å². The fourth-order valence-corrected chi connectivity index (χ4v) is 5.16. The quantitative estimate of drug-likeness (QED) is 0.315. The molecule has 3 aromatic rings. The van der Waals surface area contributed by atoms with Crippen LogP contribution in [0.2, 0.25) is 5.02 Å². The molecule has 0 spiro atoms. The van der Waals surface area contributed by atoms with Crippen LogP contribution in [0.3, 0.4) is 0 Å². The number of hydrogen-bond acceptors (Lipinski definition) is 5. The number of aryl methyl sites for hydroxylation is 1. The lowest BCUT2D eigenvalue weighted by atomic mass is 10.2. The van der Waals surface area contributed by atoms with Gasteiger partial charge in [-0.15, -0.1) is 0 Å². The number of imide groups is 1. The van der Waals surface area contributed by atoms with Crippen molar-refractivity contribution in [3.8, 4) is 0 Å². The average molecular weight is 574 g/mol. The van der Waals surface area contributed by atoms with Crippen LogP contribution >= 0.6 is 51.1 Å². The summed E-state index contributed by atoms with van der Waals surface area (Å²) in [7, 11) is 0. The molecule has 0 atom stereocenters. The molecular formula is C25H18BrClN2O3S2. The van der Waals surface area contributed by atoms with E-state index in [1.165, 1.54) is 5.56 Å². The second-order valence-electron chi connectivity index (χ2n) is 7.43. The number of amides is 3. The van der Waals surface area contributed by atoms with Gasteiger partial charge < -0.3 is 5.32 Å². The van der Waals surface area contributed by atoms with E-state index in [4.69, 9.17) is 11.6 Å². The fourth-order valence-electron chi connectivity index (χ4n) is 3.08. The second kappa shape index (κ2) is 10.8. The molecule has 0 saturated carbocycles. The van der Waals surface area contributed by atoms with Crippen molar-refractivity contribution in [2.24, 2.45) is 0 Å². The van der Waals surface area contributed by atoms with Gasteiger partial charge in [0.2, 0.25) is 5.91 Å². The molecule has 0 radical (unpaired) electrons. The molecule has 172 valence electrons. The highest BCUT2D eigenvalue weighted by atomic mass is 79.9. The van der Waals surface area contributed by atoms with E-state index in [1.807, 2.05) is 24.3 Å². The number of nitrogens with one attached hydrogen (secondary N) is 1. The molecule has 0 aliphatic carbocycles. The molecule has 0 aromatic heterocycles. The molecule has 1 N–H and O–H groups in total. The summed E-state index contributed by atoms with van der Waals surface area (Å²) in [4.78, 5) is 40.9. The summed E-state index contributed by atoms with van der Waals surface area (Å²) >= 11 is 11.8. The summed E-state index contributed by atoms with van der Waals surface area (Å²) < 4.78 is 0.699. The molecule has 34 heavy (non-hydrogen) atoms. The Morgan fingerprint density at radius 1 is 1.06 bits per heavy atom. The lowest BCUT2D eigenvalue weighted by molar-refractivity contribution is -0.127. The molecule has 1 aliphatic rings. The lowest BCUT2D eigenvalue weighted by Crippen LogP contribution is -2.36. The summed E-state index contributed by atoms with van der Waals surface area (Å²) in [6, 6.07) is 21.0. The van der Waals surface area contributed by atoms with Gasteiger partial charge in [-0.1, -0.05) is 53.2 Å². The van der Waals surface area contributed by atoms with Gasteiger partial charge in [-0.25, -0.2) is 0 Å². The number of thioether (sulfide) groups is 1. The van der Waals surface area contributed by atoms with Crippen LogP contribution < -0.4 is 5.32 Å². The van der Waals surface area contributed by atoms with Crippen LogP contribution in [0.5, 0.6) is 0 Å². The number of carbonyl (C=O) groups is 3. The lowest BCUT2D eigenvalue weighted by Gasteiger charge is -2.12. The van der Waals surface area contributed by atoms with Crippen LogP contribution in [0.4, 0.5) is 10.5 Å². The summed E-state index contributed by atoms with van der Waals surface area (Å²) in [5.41, 5.74) is 2.49. The van der Waals surface area contributed by atoms with Gasteiger partial charge in [0, 0.05) is 20.0 Å². The minimum atomic E-state index is -0.489. The van der Waals surface area contributed by atoms with E-state index in [-0.39, 0.29) is 11.4 Å². The molecule has 1 heterocycles. The highest BCUT2D eigenvalue weighted by molar-refractivity contribution is 9.10. The monoisotopic (exact) mass is 572 g/mol. The van der Waals surface area contributed by atoms with E-state index in [1.54, 1.807) is 36.0 Å². The van der Waals surface area contributed by atoms with Crippen LogP contribution in [-0.4, -0.2) is 28.5 Å². The first kappa shape index (κ1) is 24.6. The van der Waals surface area contributed by atoms with E-state index >= 15 is 0 Å². The predicted molar refractivity (Wildman–Crippen MR) is 142 cm³/mol. The van der Waals surface area contributed by atoms with Crippen molar-refractivity contribution in [1.82, 2.24) is 4.90 Å². The van der Waals surface area contributed by atoms with Crippen LogP contribution in [0.15, 0.2) is 85.9 Å². The molecule has 1 aliphatic heterocycles. The van der Waals surface area contributed by atoms with E-state index in [2.05, 4.69) is 52.4 Å².